The minimum absolute atomic E-state index is 0.339. The number of rotatable bonds is 4. The summed E-state index contributed by atoms with van der Waals surface area (Å²) in [5.74, 6) is 1.20. The molecule has 1 saturated carbocycles. The molecule has 0 radical (unpaired) electrons. The number of anilines is 1. The minimum Gasteiger partial charge on any atom is -0.383 e. The Bertz CT molecular complexity index is 396. The van der Waals surface area contributed by atoms with Gasteiger partial charge in [-0.3, -0.25) is 0 Å². The minimum atomic E-state index is -0.339. The van der Waals surface area contributed by atoms with Crippen LogP contribution in [0.4, 0.5) is 5.82 Å². The molecule has 0 unspecified atom stereocenters. The van der Waals surface area contributed by atoms with E-state index in [0.29, 0.717) is 19.0 Å². The van der Waals surface area contributed by atoms with E-state index in [-0.39, 0.29) is 5.60 Å². The van der Waals surface area contributed by atoms with Crippen LogP contribution < -0.4 is 11.5 Å². The maximum atomic E-state index is 5.97. The van der Waals surface area contributed by atoms with E-state index in [4.69, 9.17) is 16.2 Å². The highest BCUT2D eigenvalue weighted by Gasteiger charge is 2.37. The third-order valence-corrected chi connectivity index (χ3v) is 3.61. The van der Waals surface area contributed by atoms with Gasteiger partial charge in [0.05, 0.1) is 0 Å². The van der Waals surface area contributed by atoms with Crippen LogP contribution in [0.3, 0.4) is 0 Å². The summed E-state index contributed by atoms with van der Waals surface area (Å²) in [5, 5.41) is 0. The van der Waals surface area contributed by atoms with Gasteiger partial charge >= 0.3 is 0 Å². The highest BCUT2D eigenvalue weighted by Crippen LogP contribution is 2.39. The molecule has 1 fully saturated rings. The summed E-state index contributed by atoms with van der Waals surface area (Å²) in [6, 6.07) is 0. The molecule has 1 heterocycles. The van der Waals surface area contributed by atoms with Gasteiger partial charge in [-0.2, -0.15) is 0 Å². The average molecular weight is 250 g/mol. The fourth-order valence-corrected chi connectivity index (χ4v) is 2.63. The van der Waals surface area contributed by atoms with E-state index in [1.807, 2.05) is 6.92 Å². The zero-order valence-corrected chi connectivity index (χ0v) is 11.0. The van der Waals surface area contributed by atoms with Gasteiger partial charge in [0.2, 0.25) is 0 Å². The Morgan fingerprint density at radius 2 is 2.06 bits per heavy atom. The molecule has 5 heteroatoms. The second-order valence-corrected chi connectivity index (χ2v) is 4.80. The second-order valence-electron chi connectivity index (χ2n) is 4.80. The predicted molar refractivity (Wildman–Crippen MR) is 70.7 cm³/mol. The molecule has 100 valence electrons. The standard InChI is InChI=1S/C13H22N4O/c1-2-18-13(6-4-3-5-7-13)12-16-9-10(8-14)11(15)17-12/h9H,2-8,14H2,1H3,(H2,15,16,17). The van der Waals surface area contributed by atoms with Gasteiger partial charge in [-0.1, -0.05) is 19.3 Å². The van der Waals surface area contributed by atoms with Crippen molar-refractivity contribution in [1.29, 1.82) is 0 Å². The first-order valence-electron chi connectivity index (χ1n) is 6.68. The van der Waals surface area contributed by atoms with Crippen molar-refractivity contribution in [2.45, 2.75) is 51.2 Å². The van der Waals surface area contributed by atoms with E-state index < -0.39 is 0 Å². The van der Waals surface area contributed by atoms with Crippen LogP contribution in [-0.4, -0.2) is 16.6 Å². The third-order valence-electron chi connectivity index (χ3n) is 3.61. The number of hydrogen-bond donors (Lipinski definition) is 2. The highest BCUT2D eigenvalue weighted by molar-refractivity contribution is 5.38. The normalized spacial score (nSPS) is 18.8. The van der Waals surface area contributed by atoms with Crippen molar-refractivity contribution < 1.29 is 4.74 Å². The zero-order valence-electron chi connectivity index (χ0n) is 11.0. The summed E-state index contributed by atoms with van der Waals surface area (Å²) in [5.41, 5.74) is 11.9. The van der Waals surface area contributed by atoms with E-state index in [9.17, 15) is 0 Å². The van der Waals surface area contributed by atoms with Gasteiger partial charge in [0.15, 0.2) is 5.82 Å². The van der Waals surface area contributed by atoms with Crippen LogP contribution >= 0.6 is 0 Å². The first-order chi connectivity index (χ1) is 8.72. The van der Waals surface area contributed by atoms with Crippen LogP contribution in [0.1, 0.15) is 50.4 Å². The van der Waals surface area contributed by atoms with Gasteiger partial charge in [0, 0.05) is 24.9 Å². The van der Waals surface area contributed by atoms with Crippen LogP contribution in [0.15, 0.2) is 6.20 Å². The molecular weight excluding hydrogens is 228 g/mol. The SMILES string of the molecule is CCOC1(c2ncc(CN)c(N)n2)CCCCC1. The maximum absolute atomic E-state index is 5.97. The van der Waals surface area contributed by atoms with Crippen molar-refractivity contribution in [3.8, 4) is 0 Å². The summed E-state index contributed by atoms with van der Waals surface area (Å²) in [6.45, 7) is 3.05. The Balaban J connectivity index is 2.33. The number of nitrogens with two attached hydrogens (primary N) is 2. The smallest absolute Gasteiger partial charge is 0.162 e. The van der Waals surface area contributed by atoms with E-state index in [0.717, 1.165) is 37.1 Å². The first kappa shape index (κ1) is 13.2. The largest absolute Gasteiger partial charge is 0.383 e. The summed E-state index contributed by atoms with van der Waals surface area (Å²) >= 11 is 0. The van der Waals surface area contributed by atoms with Gasteiger partial charge in [0.1, 0.15) is 11.4 Å². The first-order valence-corrected chi connectivity index (χ1v) is 6.68. The molecule has 0 atom stereocenters. The molecule has 2 rings (SSSR count). The molecule has 0 saturated heterocycles. The molecule has 0 spiro atoms. The molecule has 0 aromatic carbocycles. The molecule has 1 aromatic heterocycles. The van der Waals surface area contributed by atoms with Gasteiger partial charge in [-0.25, -0.2) is 9.97 Å². The van der Waals surface area contributed by atoms with E-state index in [2.05, 4.69) is 9.97 Å². The molecule has 1 aromatic rings. The number of ether oxygens (including phenoxy) is 1. The van der Waals surface area contributed by atoms with Gasteiger partial charge in [-0.15, -0.1) is 0 Å². The lowest BCUT2D eigenvalue weighted by atomic mass is 9.83. The number of nitrogen functional groups attached to an aromatic ring is 1. The maximum Gasteiger partial charge on any atom is 0.162 e. The molecule has 1 aliphatic carbocycles. The Morgan fingerprint density at radius 1 is 1.33 bits per heavy atom. The van der Waals surface area contributed by atoms with E-state index in [1.54, 1.807) is 6.20 Å². The van der Waals surface area contributed by atoms with Crippen molar-refractivity contribution in [3.05, 3.63) is 17.6 Å². The van der Waals surface area contributed by atoms with Crippen LogP contribution in [-0.2, 0) is 16.9 Å². The summed E-state index contributed by atoms with van der Waals surface area (Å²) in [7, 11) is 0. The molecule has 0 amide bonds. The Labute approximate surface area is 108 Å². The van der Waals surface area contributed by atoms with Crippen LogP contribution in [0, 0.1) is 0 Å². The molecule has 18 heavy (non-hydrogen) atoms. The second kappa shape index (κ2) is 5.63. The molecule has 5 nitrogen and oxygen atoms in total. The third kappa shape index (κ3) is 2.47. The fourth-order valence-electron chi connectivity index (χ4n) is 2.63. The van der Waals surface area contributed by atoms with Crippen LogP contribution in [0.25, 0.3) is 0 Å². The monoisotopic (exact) mass is 250 g/mol. The van der Waals surface area contributed by atoms with Crippen molar-refractivity contribution >= 4 is 5.82 Å². The fraction of sp³-hybridized carbons (Fsp3) is 0.692. The van der Waals surface area contributed by atoms with E-state index in [1.165, 1.54) is 6.42 Å². The van der Waals surface area contributed by atoms with Crippen molar-refractivity contribution in [1.82, 2.24) is 9.97 Å². The van der Waals surface area contributed by atoms with Crippen molar-refractivity contribution in [2.24, 2.45) is 5.73 Å². The number of aromatic nitrogens is 2. The molecule has 4 N–H and O–H groups in total. The van der Waals surface area contributed by atoms with Crippen LogP contribution in [0.2, 0.25) is 0 Å². The molecule has 0 aliphatic heterocycles. The molecule has 1 aliphatic rings. The van der Waals surface area contributed by atoms with Crippen molar-refractivity contribution in [3.63, 3.8) is 0 Å². The van der Waals surface area contributed by atoms with Gasteiger partial charge < -0.3 is 16.2 Å². The average Bonchev–Trinajstić information content (AvgIpc) is 2.40. The summed E-state index contributed by atoms with van der Waals surface area (Å²) in [4.78, 5) is 8.85. The molecular formula is C13H22N4O. The number of hydrogen-bond acceptors (Lipinski definition) is 5. The van der Waals surface area contributed by atoms with Crippen LogP contribution in [0.5, 0.6) is 0 Å². The lowest BCUT2D eigenvalue weighted by Crippen LogP contribution is -2.35. The quantitative estimate of drug-likeness (QED) is 0.849. The zero-order chi connectivity index (χ0) is 13.0. The summed E-state index contributed by atoms with van der Waals surface area (Å²) < 4.78 is 5.97. The van der Waals surface area contributed by atoms with Gasteiger partial charge in [0.25, 0.3) is 0 Å². The Morgan fingerprint density at radius 3 is 2.61 bits per heavy atom. The topological polar surface area (TPSA) is 87.0 Å². The number of nitrogens with zero attached hydrogens (tertiary/aromatic N) is 2. The van der Waals surface area contributed by atoms with Crippen molar-refractivity contribution in [2.75, 3.05) is 12.3 Å². The summed E-state index contributed by atoms with van der Waals surface area (Å²) in [6.07, 6.45) is 7.24. The lowest BCUT2D eigenvalue weighted by molar-refractivity contribution is -0.0766. The highest BCUT2D eigenvalue weighted by atomic mass is 16.5. The van der Waals surface area contributed by atoms with Gasteiger partial charge in [-0.05, 0) is 19.8 Å². The Kier molecular flexibility index (Phi) is 4.14. The van der Waals surface area contributed by atoms with E-state index >= 15 is 0 Å². The predicted octanol–water partition coefficient (Wildman–Crippen LogP) is 1.71. The molecule has 0 bridgehead atoms. The lowest BCUT2D eigenvalue weighted by Gasteiger charge is -2.35. The Hall–Kier alpha value is -1.20.